The summed E-state index contributed by atoms with van der Waals surface area (Å²) in [5.41, 5.74) is 2.61. The lowest BCUT2D eigenvalue weighted by Gasteiger charge is -2.15. The first-order chi connectivity index (χ1) is 14.0. The first-order valence-electron chi connectivity index (χ1n) is 9.58. The van der Waals surface area contributed by atoms with Crippen molar-refractivity contribution >= 4 is 23.2 Å². The van der Waals surface area contributed by atoms with Gasteiger partial charge < -0.3 is 15.5 Å². The first kappa shape index (κ1) is 20.3. The summed E-state index contributed by atoms with van der Waals surface area (Å²) >= 11 is 0. The van der Waals surface area contributed by atoms with Crippen LogP contribution in [0, 0.1) is 17.0 Å². The molecule has 0 aliphatic carbocycles. The average Bonchev–Trinajstić information content (AvgIpc) is 3.26. The molecule has 0 aromatic heterocycles. The molecule has 0 bridgehead atoms. The molecule has 1 aliphatic rings. The Morgan fingerprint density at radius 2 is 1.79 bits per heavy atom. The van der Waals surface area contributed by atoms with Gasteiger partial charge in [0.05, 0.1) is 11.5 Å². The van der Waals surface area contributed by atoms with Gasteiger partial charge in [0.1, 0.15) is 0 Å². The van der Waals surface area contributed by atoms with Crippen LogP contribution >= 0.6 is 0 Å². The first-order valence-corrected chi connectivity index (χ1v) is 9.58. The van der Waals surface area contributed by atoms with Gasteiger partial charge in [-0.3, -0.25) is 19.7 Å². The standard InChI is InChI=1S/C21H24N4O4/c1-15-18(5-4-6-19(15)25(28)29)22-14-20(26)23-13-16-7-9-17(10-8-16)21(27)24-11-2-3-12-24/h4-10,22H,2-3,11-14H2,1H3,(H,23,26). The number of benzene rings is 2. The zero-order chi connectivity index (χ0) is 20.8. The van der Waals surface area contributed by atoms with Crippen molar-refractivity contribution in [3.05, 3.63) is 69.3 Å². The zero-order valence-electron chi connectivity index (χ0n) is 16.3. The van der Waals surface area contributed by atoms with Gasteiger partial charge in [0.25, 0.3) is 11.6 Å². The van der Waals surface area contributed by atoms with Crippen molar-refractivity contribution < 1.29 is 14.5 Å². The molecule has 1 fully saturated rings. The Balaban J connectivity index is 1.49. The van der Waals surface area contributed by atoms with Crippen molar-refractivity contribution in [1.82, 2.24) is 10.2 Å². The topological polar surface area (TPSA) is 105 Å². The Hall–Kier alpha value is -3.42. The lowest BCUT2D eigenvalue weighted by molar-refractivity contribution is -0.385. The number of likely N-dealkylation sites (tertiary alicyclic amines) is 1. The summed E-state index contributed by atoms with van der Waals surface area (Å²) < 4.78 is 0. The molecule has 0 atom stereocenters. The van der Waals surface area contributed by atoms with Gasteiger partial charge in [0.15, 0.2) is 0 Å². The molecule has 1 aliphatic heterocycles. The highest BCUT2D eigenvalue weighted by molar-refractivity contribution is 5.94. The van der Waals surface area contributed by atoms with Crippen molar-refractivity contribution in [2.75, 3.05) is 25.0 Å². The van der Waals surface area contributed by atoms with Crippen molar-refractivity contribution in [3.63, 3.8) is 0 Å². The lowest BCUT2D eigenvalue weighted by Crippen LogP contribution is -2.29. The quantitative estimate of drug-likeness (QED) is 0.553. The molecular formula is C21H24N4O4. The summed E-state index contributed by atoms with van der Waals surface area (Å²) in [6, 6.07) is 11.9. The van der Waals surface area contributed by atoms with Gasteiger partial charge in [-0.2, -0.15) is 0 Å². The van der Waals surface area contributed by atoms with Crippen LogP contribution in [-0.2, 0) is 11.3 Å². The fourth-order valence-corrected chi connectivity index (χ4v) is 3.32. The molecule has 8 nitrogen and oxygen atoms in total. The van der Waals surface area contributed by atoms with Crippen molar-refractivity contribution in [2.24, 2.45) is 0 Å². The summed E-state index contributed by atoms with van der Waals surface area (Å²) in [6.45, 7) is 3.62. The summed E-state index contributed by atoms with van der Waals surface area (Å²) in [7, 11) is 0. The molecule has 152 valence electrons. The Morgan fingerprint density at radius 1 is 1.10 bits per heavy atom. The highest BCUT2D eigenvalue weighted by Crippen LogP contribution is 2.24. The molecule has 2 amide bonds. The van der Waals surface area contributed by atoms with Crippen molar-refractivity contribution in [2.45, 2.75) is 26.3 Å². The Morgan fingerprint density at radius 3 is 2.45 bits per heavy atom. The molecule has 2 aromatic carbocycles. The molecule has 1 saturated heterocycles. The van der Waals surface area contributed by atoms with Gasteiger partial charge in [-0.25, -0.2) is 0 Å². The van der Waals surface area contributed by atoms with E-state index < -0.39 is 4.92 Å². The van der Waals surface area contributed by atoms with Crippen LogP contribution in [0.1, 0.15) is 34.3 Å². The normalized spacial score (nSPS) is 13.2. The predicted octanol–water partition coefficient (Wildman–Crippen LogP) is 2.87. The van der Waals surface area contributed by atoms with Crippen LogP contribution in [0.25, 0.3) is 0 Å². The van der Waals surface area contributed by atoms with E-state index in [1.807, 2.05) is 17.0 Å². The monoisotopic (exact) mass is 396 g/mol. The minimum Gasteiger partial charge on any atom is -0.376 e. The minimum absolute atomic E-state index is 0.00748. The van der Waals surface area contributed by atoms with E-state index in [0.29, 0.717) is 23.4 Å². The van der Waals surface area contributed by atoms with Crippen LogP contribution in [-0.4, -0.2) is 41.3 Å². The third kappa shape index (κ3) is 5.10. The largest absolute Gasteiger partial charge is 0.376 e. The van der Waals surface area contributed by atoms with E-state index in [2.05, 4.69) is 10.6 Å². The number of nitro benzene ring substituents is 1. The van der Waals surface area contributed by atoms with E-state index in [0.717, 1.165) is 31.5 Å². The van der Waals surface area contributed by atoms with Gasteiger partial charge >= 0.3 is 0 Å². The van der Waals surface area contributed by atoms with E-state index in [4.69, 9.17) is 0 Å². The van der Waals surface area contributed by atoms with Crippen LogP contribution in [0.2, 0.25) is 0 Å². The maximum Gasteiger partial charge on any atom is 0.274 e. The lowest BCUT2D eigenvalue weighted by atomic mass is 10.1. The second kappa shape index (κ2) is 9.18. The van der Waals surface area contributed by atoms with Gasteiger partial charge in [0, 0.05) is 42.5 Å². The van der Waals surface area contributed by atoms with E-state index >= 15 is 0 Å². The van der Waals surface area contributed by atoms with Crippen LogP contribution in [0.4, 0.5) is 11.4 Å². The van der Waals surface area contributed by atoms with Crippen LogP contribution in [0.5, 0.6) is 0 Å². The molecule has 2 N–H and O–H groups in total. The van der Waals surface area contributed by atoms with Gasteiger partial charge in [-0.1, -0.05) is 18.2 Å². The average molecular weight is 396 g/mol. The molecule has 8 heteroatoms. The number of carbonyl (C=O) groups excluding carboxylic acids is 2. The second-order valence-electron chi connectivity index (χ2n) is 7.03. The third-order valence-electron chi connectivity index (χ3n) is 5.03. The van der Waals surface area contributed by atoms with Crippen LogP contribution in [0.15, 0.2) is 42.5 Å². The third-order valence-corrected chi connectivity index (χ3v) is 5.03. The molecule has 0 saturated carbocycles. The fourth-order valence-electron chi connectivity index (χ4n) is 3.32. The van der Waals surface area contributed by atoms with Crippen LogP contribution < -0.4 is 10.6 Å². The van der Waals surface area contributed by atoms with E-state index in [9.17, 15) is 19.7 Å². The molecule has 29 heavy (non-hydrogen) atoms. The predicted molar refractivity (Wildman–Crippen MR) is 110 cm³/mol. The van der Waals surface area contributed by atoms with Crippen LogP contribution in [0.3, 0.4) is 0 Å². The highest BCUT2D eigenvalue weighted by Gasteiger charge is 2.19. The van der Waals surface area contributed by atoms with E-state index in [1.54, 1.807) is 31.2 Å². The van der Waals surface area contributed by atoms with Crippen molar-refractivity contribution in [3.8, 4) is 0 Å². The number of nitrogens with zero attached hydrogens (tertiary/aromatic N) is 2. The molecule has 1 heterocycles. The molecule has 0 spiro atoms. The number of nitrogens with one attached hydrogen (secondary N) is 2. The molecular weight excluding hydrogens is 372 g/mol. The van der Waals surface area contributed by atoms with E-state index in [1.165, 1.54) is 6.07 Å². The number of amides is 2. The zero-order valence-corrected chi connectivity index (χ0v) is 16.3. The maximum absolute atomic E-state index is 12.3. The number of carbonyl (C=O) groups is 2. The number of anilines is 1. The summed E-state index contributed by atoms with van der Waals surface area (Å²) in [4.78, 5) is 36.8. The second-order valence-corrected chi connectivity index (χ2v) is 7.03. The van der Waals surface area contributed by atoms with Gasteiger partial charge in [0.2, 0.25) is 5.91 Å². The number of nitro groups is 1. The number of hydrogen-bond donors (Lipinski definition) is 2. The summed E-state index contributed by atoms with van der Waals surface area (Å²) in [6.07, 6.45) is 2.11. The smallest absolute Gasteiger partial charge is 0.274 e. The molecule has 3 rings (SSSR count). The minimum atomic E-state index is -0.446. The highest BCUT2D eigenvalue weighted by atomic mass is 16.6. The number of hydrogen-bond acceptors (Lipinski definition) is 5. The summed E-state index contributed by atoms with van der Waals surface area (Å²) in [5.74, 6) is -0.178. The molecule has 0 unspecified atom stereocenters. The fraction of sp³-hybridized carbons (Fsp3) is 0.333. The van der Waals surface area contributed by atoms with Gasteiger partial charge in [-0.15, -0.1) is 0 Å². The van der Waals surface area contributed by atoms with Gasteiger partial charge in [-0.05, 0) is 43.5 Å². The number of rotatable bonds is 7. The summed E-state index contributed by atoms with van der Waals surface area (Å²) in [5, 5.41) is 16.7. The Labute approximate surface area is 169 Å². The Bertz CT molecular complexity index is 905. The SMILES string of the molecule is Cc1c(NCC(=O)NCc2ccc(C(=O)N3CCCC3)cc2)cccc1[N+](=O)[O-]. The van der Waals surface area contributed by atoms with E-state index in [-0.39, 0.29) is 24.0 Å². The molecule has 0 radical (unpaired) electrons. The van der Waals surface area contributed by atoms with Crippen molar-refractivity contribution in [1.29, 1.82) is 0 Å². The molecule has 2 aromatic rings. The Kier molecular flexibility index (Phi) is 6.43. The maximum atomic E-state index is 12.3.